The Hall–Kier alpha value is -4.33. The van der Waals surface area contributed by atoms with Gasteiger partial charge in [0.1, 0.15) is 22.8 Å². The van der Waals surface area contributed by atoms with Crippen LogP contribution in [0, 0.1) is 5.82 Å². The summed E-state index contributed by atoms with van der Waals surface area (Å²) in [6.45, 7) is 2.20. The highest BCUT2D eigenvalue weighted by atomic mass is 19.1. The highest BCUT2D eigenvalue weighted by Gasteiger charge is 2.29. The van der Waals surface area contributed by atoms with Gasteiger partial charge in [-0.05, 0) is 42.5 Å². The fourth-order valence-electron chi connectivity index (χ4n) is 4.32. The van der Waals surface area contributed by atoms with Gasteiger partial charge in [0.25, 0.3) is 11.8 Å². The van der Waals surface area contributed by atoms with E-state index in [-0.39, 0.29) is 22.9 Å². The van der Waals surface area contributed by atoms with Crippen LogP contribution < -0.4 is 15.0 Å². The maximum Gasteiger partial charge on any atom is 0.291 e. The molecule has 1 aromatic heterocycles. The van der Waals surface area contributed by atoms with Crippen LogP contribution in [0.3, 0.4) is 0 Å². The number of carbonyl (C=O) groups excluding carboxylic acids is 2. The van der Waals surface area contributed by atoms with E-state index in [0.717, 1.165) is 17.5 Å². The number of nitrogens with zero attached hydrogens (tertiary/aromatic N) is 2. The minimum Gasteiger partial charge on any atom is -0.495 e. The van der Waals surface area contributed by atoms with Gasteiger partial charge in [0.05, 0.1) is 12.8 Å². The Kier molecular flexibility index (Phi) is 6.10. The maximum absolute atomic E-state index is 13.6. The number of methoxy groups -OCH3 is 1. The van der Waals surface area contributed by atoms with Crippen molar-refractivity contribution >= 4 is 34.2 Å². The van der Waals surface area contributed by atoms with Gasteiger partial charge in [-0.3, -0.25) is 9.59 Å². The number of hydrogen-bond donors (Lipinski definition) is 1. The summed E-state index contributed by atoms with van der Waals surface area (Å²) in [7, 11) is 1.64. The highest BCUT2D eigenvalue weighted by molar-refractivity contribution is 6.14. The minimum absolute atomic E-state index is 0.0571. The molecule has 1 aliphatic heterocycles. The summed E-state index contributed by atoms with van der Waals surface area (Å²) in [6, 6.07) is 20.3. The maximum atomic E-state index is 13.6. The number of hydrogen-bond acceptors (Lipinski definition) is 5. The number of carbonyl (C=O) groups is 2. The zero-order valence-corrected chi connectivity index (χ0v) is 19.2. The molecular formula is C27H24FN3O4. The molecule has 0 atom stereocenters. The zero-order valence-electron chi connectivity index (χ0n) is 19.2. The number of ether oxygens (including phenoxy) is 1. The molecule has 1 aliphatic rings. The van der Waals surface area contributed by atoms with Gasteiger partial charge in [0, 0.05) is 37.1 Å². The Morgan fingerprint density at radius 3 is 2.46 bits per heavy atom. The van der Waals surface area contributed by atoms with Crippen molar-refractivity contribution in [2.75, 3.05) is 43.5 Å². The molecule has 178 valence electrons. The second-order valence-electron chi connectivity index (χ2n) is 8.22. The van der Waals surface area contributed by atoms with Gasteiger partial charge in [-0.25, -0.2) is 4.39 Å². The second-order valence-corrected chi connectivity index (χ2v) is 8.22. The van der Waals surface area contributed by atoms with Crippen LogP contribution >= 0.6 is 0 Å². The first-order chi connectivity index (χ1) is 17.0. The van der Waals surface area contributed by atoms with Gasteiger partial charge in [-0.2, -0.15) is 0 Å². The van der Waals surface area contributed by atoms with Crippen LogP contribution in [0.1, 0.15) is 20.9 Å². The average molecular weight is 474 g/mol. The van der Waals surface area contributed by atoms with E-state index < -0.39 is 11.7 Å². The number of halogens is 1. The molecule has 5 rings (SSSR count). The SMILES string of the molecule is COc1ccccc1N1CCN(C(=O)c2oc3ccccc3c2NC(=O)c2cccc(F)c2)CC1. The van der Waals surface area contributed by atoms with E-state index in [0.29, 0.717) is 37.1 Å². The first-order valence-corrected chi connectivity index (χ1v) is 11.3. The first kappa shape index (κ1) is 22.5. The molecule has 1 fully saturated rings. The number of piperazine rings is 1. The monoisotopic (exact) mass is 473 g/mol. The molecule has 0 radical (unpaired) electrons. The summed E-state index contributed by atoms with van der Waals surface area (Å²) in [5, 5.41) is 3.38. The lowest BCUT2D eigenvalue weighted by atomic mass is 10.1. The quantitative estimate of drug-likeness (QED) is 0.451. The third kappa shape index (κ3) is 4.42. The normalized spacial score (nSPS) is 13.7. The van der Waals surface area contributed by atoms with E-state index in [9.17, 15) is 14.0 Å². The van der Waals surface area contributed by atoms with Gasteiger partial charge in [0.15, 0.2) is 0 Å². The summed E-state index contributed by atoms with van der Waals surface area (Å²) in [5.41, 5.74) is 1.90. The fraction of sp³-hybridized carbons (Fsp3) is 0.185. The topological polar surface area (TPSA) is 75.0 Å². The number of amides is 2. The number of furan rings is 1. The number of rotatable bonds is 5. The predicted molar refractivity (Wildman–Crippen MR) is 132 cm³/mol. The predicted octanol–water partition coefficient (Wildman–Crippen LogP) is 4.80. The van der Waals surface area contributed by atoms with Gasteiger partial charge < -0.3 is 24.3 Å². The van der Waals surface area contributed by atoms with Crippen molar-refractivity contribution in [1.29, 1.82) is 0 Å². The van der Waals surface area contributed by atoms with E-state index in [1.807, 2.05) is 24.3 Å². The number of nitrogens with one attached hydrogen (secondary N) is 1. The third-order valence-electron chi connectivity index (χ3n) is 6.11. The number of anilines is 2. The lowest BCUT2D eigenvalue weighted by molar-refractivity contribution is 0.0718. The third-order valence-corrected chi connectivity index (χ3v) is 6.11. The lowest BCUT2D eigenvalue weighted by Gasteiger charge is -2.36. The van der Waals surface area contributed by atoms with Gasteiger partial charge in [0.2, 0.25) is 5.76 Å². The highest BCUT2D eigenvalue weighted by Crippen LogP contribution is 2.33. The van der Waals surface area contributed by atoms with Crippen molar-refractivity contribution in [1.82, 2.24) is 4.90 Å². The largest absolute Gasteiger partial charge is 0.495 e. The van der Waals surface area contributed by atoms with Gasteiger partial charge >= 0.3 is 0 Å². The summed E-state index contributed by atoms with van der Waals surface area (Å²) in [4.78, 5) is 30.2. The number of para-hydroxylation sites is 3. The van der Waals surface area contributed by atoms with Crippen LogP contribution in [0.2, 0.25) is 0 Å². The van der Waals surface area contributed by atoms with Gasteiger partial charge in [-0.1, -0.05) is 30.3 Å². The first-order valence-electron chi connectivity index (χ1n) is 11.3. The van der Waals surface area contributed by atoms with Gasteiger partial charge in [-0.15, -0.1) is 0 Å². The second kappa shape index (κ2) is 9.50. The van der Waals surface area contributed by atoms with E-state index in [1.165, 1.54) is 18.2 Å². The molecule has 2 amide bonds. The van der Waals surface area contributed by atoms with E-state index in [4.69, 9.17) is 9.15 Å². The standard InChI is InChI=1S/C27H24FN3O4/c1-34-23-12-5-3-10-21(23)30-13-15-31(16-14-30)27(33)25-24(20-9-2-4-11-22(20)35-25)29-26(32)18-7-6-8-19(28)17-18/h2-12,17H,13-16H2,1H3,(H,29,32). The van der Waals surface area contributed by atoms with Crippen molar-refractivity contribution in [2.24, 2.45) is 0 Å². The van der Waals surface area contributed by atoms with Crippen LogP contribution in [0.15, 0.2) is 77.2 Å². The molecule has 0 saturated carbocycles. The average Bonchev–Trinajstić information content (AvgIpc) is 3.26. The molecular weight excluding hydrogens is 449 g/mol. The molecule has 0 aliphatic carbocycles. The molecule has 8 heteroatoms. The molecule has 1 N–H and O–H groups in total. The Morgan fingerprint density at radius 2 is 1.69 bits per heavy atom. The summed E-state index contributed by atoms with van der Waals surface area (Å²) < 4.78 is 25.0. The van der Waals surface area contributed by atoms with Crippen LogP contribution in [-0.4, -0.2) is 50.0 Å². The smallest absolute Gasteiger partial charge is 0.291 e. The van der Waals surface area contributed by atoms with Crippen LogP contribution in [0.4, 0.5) is 15.8 Å². The molecule has 0 bridgehead atoms. The van der Waals surface area contributed by atoms with Crippen LogP contribution in [0.5, 0.6) is 5.75 Å². The van der Waals surface area contributed by atoms with Crippen LogP contribution in [0.25, 0.3) is 11.0 Å². The zero-order chi connectivity index (χ0) is 24.4. The van der Waals surface area contributed by atoms with Crippen molar-refractivity contribution in [3.63, 3.8) is 0 Å². The molecule has 2 heterocycles. The minimum atomic E-state index is -0.522. The van der Waals surface area contributed by atoms with Crippen molar-refractivity contribution < 1.29 is 23.1 Å². The van der Waals surface area contributed by atoms with Crippen molar-refractivity contribution in [2.45, 2.75) is 0 Å². The molecule has 0 spiro atoms. The summed E-state index contributed by atoms with van der Waals surface area (Å²) >= 11 is 0. The molecule has 1 saturated heterocycles. The van der Waals surface area contributed by atoms with Crippen molar-refractivity contribution in [3.05, 3.63) is 89.9 Å². The molecule has 35 heavy (non-hydrogen) atoms. The lowest BCUT2D eigenvalue weighted by Crippen LogP contribution is -2.49. The van der Waals surface area contributed by atoms with Crippen LogP contribution in [-0.2, 0) is 0 Å². The Labute approximate surface area is 201 Å². The molecule has 4 aromatic rings. The Balaban J connectivity index is 1.39. The van der Waals surface area contributed by atoms with E-state index in [1.54, 1.807) is 36.3 Å². The fourth-order valence-corrected chi connectivity index (χ4v) is 4.32. The molecule has 7 nitrogen and oxygen atoms in total. The number of benzene rings is 3. The summed E-state index contributed by atoms with van der Waals surface area (Å²) in [6.07, 6.45) is 0. The molecule has 3 aromatic carbocycles. The summed E-state index contributed by atoms with van der Waals surface area (Å²) in [5.74, 6) is -0.506. The van der Waals surface area contributed by atoms with E-state index >= 15 is 0 Å². The van der Waals surface area contributed by atoms with Crippen molar-refractivity contribution in [3.8, 4) is 5.75 Å². The Morgan fingerprint density at radius 1 is 0.943 bits per heavy atom. The van der Waals surface area contributed by atoms with E-state index in [2.05, 4.69) is 10.2 Å². The molecule has 0 unspecified atom stereocenters. The Bertz CT molecular complexity index is 1390. The number of fused-ring (bicyclic) bond motifs is 1.